The fraction of sp³-hybridized carbons (Fsp3) is 0.160. The second-order valence-corrected chi connectivity index (χ2v) is 7.04. The van der Waals surface area contributed by atoms with E-state index in [-0.39, 0.29) is 24.8 Å². The Kier molecular flexibility index (Phi) is 6.08. The minimum atomic E-state index is -0.509. The van der Waals surface area contributed by atoms with Crippen molar-refractivity contribution in [1.82, 2.24) is 10.3 Å². The van der Waals surface area contributed by atoms with E-state index in [1.54, 1.807) is 24.3 Å². The molecule has 0 aliphatic heterocycles. The molecule has 0 atom stereocenters. The van der Waals surface area contributed by atoms with Gasteiger partial charge in [0, 0.05) is 24.2 Å². The topological polar surface area (TPSA) is 77.5 Å². The van der Waals surface area contributed by atoms with Crippen LogP contribution in [-0.2, 0) is 9.47 Å². The van der Waals surface area contributed by atoms with Crippen molar-refractivity contribution >= 4 is 18.1 Å². The molecule has 1 aliphatic carbocycles. The first kappa shape index (κ1) is 20.3. The average Bonchev–Trinajstić information content (AvgIpc) is 3.14. The Morgan fingerprint density at radius 2 is 1.68 bits per heavy atom. The number of amides is 1. The van der Waals surface area contributed by atoms with E-state index in [0.717, 1.165) is 0 Å². The zero-order valence-corrected chi connectivity index (χ0v) is 17.1. The fourth-order valence-electron chi connectivity index (χ4n) is 3.80. The number of ether oxygens (including phenoxy) is 2. The van der Waals surface area contributed by atoms with Crippen LogP contribution in [0.25, 0.3) is 17.2 Å². The molecule has 1 aromatic heterocycles. The first-order chi connectivity index (χ1) is 15.2. The molecule has 2 aromatic carbocycles. The largest absolute Gasteiger partial charge is 0.464 e. The molecule has 0 unspecified atom stereocenters. The number of nitrogens with zero attached hydrogens (tertiary/aromatic N) is 1. The molecule has 1 aliphatic rings. The monoisotopic (exact) mass is 414 g/mol. The maximum atomic E-state index is 12.2. The van der Waals surface area contributed by atoms with E-state index in [1.807, 2.05) is 24.3 Å². The third-order valence-electron chi connectivity index (χ3n) is 5.22. The fourth-order valence-corrected chi connectivity index (χ4v) is 3.80. The quantitative estimate of drug-likeness (QED) is 0.604. The van der Waals surface area contributed by atoms with Gasteiger partial charge in [-0.2, -0.15) is 0 Å². The lowest BCUT2D eigenvalue weighted by molar-refractivity contribution is 0.0593. The van der Waals surface area contributed by atoms with Gasteiger partial charge in [-0.05, 0) is 28.3 Å². The van der Waals surface area contributed by atoms with Gasteiger partial charge >= 0.3 is 12.1 Å². The predicted molar refractivity (Wildman–Crippen MR) is 118 cm³/mol. The van der Waals surface area contributed by atoms with Crippen molar-refractivity contribution in [3.63, 3.8) is 0 Å². The highest BCUT2D eigenvalue weighted by Crippen LogP contribution is 2.44. The van der Waals surface area contributed by atoms with Crippen LogP contribution in [0.15, 0.2) is 72.9 Å². The smallest absolute Gasteiger partial charge is 0.407 e. The summed E-state index contributed by atoms with van der Waals surface area (Å²) in [5, 5.41) is 2.70. The number of methoxy groups -OCH3 is 1. The van der Waals surface area contributed by atoms with Gasteiger partial charge in [0.05, 0.1) is 7.11 Å². The van der Waals surface area contributed by atoms with Gasteiger partial charge in [-0.25, -0.2) is 14.6 Å². The van der Waals surface area contributed by atoms with Crippen LogP contribution in [0.1, 0.15) is 33.1 Å². The minimum Gasteiger partial charge on any atom is -0.464 e. The first-order valence-electron chi connectivity index (χ1n) is 9.97. The molecule has 6 nitrogen and oxygen atoms in total. The summed E-state index contributed by atoms with van der Waals surface area (Å²) in [5.74, 6) is -0.489. The number of rotatable bonds is 6. The molecular weight excluding hydrogens is 392 g/mol. The van der Waals surface area contributed by atoms with Crippen LogP contribution >= 0.6 is 0 Å². The predicted octanol–water partition coefficient (Wildman–Crippen LogP) is 4.42. The van der Waals surface area contributed by atoms with Crippen molar-refractivity contribution in [2.75, 3.05) is 20.3 Å². The summed E-state index contributed by atoms with van der Waals surface area (Å²) in [5.41, 5.74) is 5.55. The first-order valence-corrected chi connectivity index (χ1v) is 9.97. The van der Waals surface area contributed by atoms with Gasteiger partial charge in [-0.15, -0.1) is 0 Å². The van der Waals surface area contributed by atoms with E-state index >= 15 is 0 Å². The highest BCUT2D eigenvalue weighted by Gasteiger charge is 2.28. The van der Waals surface area contributed by atoms with E-state index in [0.29, 0.717) is 5.56 Å². The summed E-state index contributed by atoms with van der Waals surface area (Å²) in [4.78, 5) is 28.0. The summed E-state index contributed by atoms with van der Waals surface area (Å²) in [6.07, 6.45) is 4.47. The number of benzene rings is 2. The number of hydrogen-bond acceptors (Lipinski definition) is 5. The number of esters is 1. The number of pyridine rings is 1. The number of fused-ring (bicyclic) bond motifs is 3. The molecule has 0 spiro atoms. The van der Waals surface area contributed by atoms with Gasteiger partial charge in [-0.3, -0.25) is 0 Å². The third kappa shape index (κ3) is 4.33. The summed E-state index contributed by atoms with van der Waals surface area (Å²) in [6.45, 7) is 0.519. The lowest BCUT2D eigenvalue weighted by Gasteiger charge is -2.14. The van der Waals surface area contributed by atoms with Gasteiger partial charge < -0.3 is 14.8 Å². The van der Waals surface area contributed by atoms with Crippen molar-refractivity contribution in [2.24, 2.45) is 0 Å². The molecule has 0 fully saturated rings. The van der Waals surface area contributed by atoms with E-state index in [1.165, 1.54) is 35.6 Å². The maximum absolute atomic E-state index is 12.2. The van der Waals surface area contributed by atoms with Gasteiger partial charge in [0.2, 0.25) is 0 Å². The van der Waals surface area contributed by atoms with Crippen LogP contribution in [0, 0.1) is 0 Å². The lowest BCUT2D eigenvalue weighted by atomic mass is 9.98. The third-order valence-corrected chi connectivity index (χ3v) is 5.22. The molecule has 1 heterocycles. The summed E-state index contributed by atoms with van der Waals surface area (Å²) >= 11 is 0. The summed E-state index contributed by atoms with van der Waals surface area (Å²) < 4.78 is 10.2. The molecule has 0 saturated heterocycles. The Hall–Kier alpha value is -3.93. The van der Waals surface area contributed by atoms with E-state index < -0.39 is 12.1 Å². The molecule has 1 amide bonds. The van der Waals surface area contributed by atoms with Crippen LogP contribution in [0.5, 0.6) is 0 Å². The molecule has 0 bridgehead atoms. The molecular formula is C25H22N2O4. The Balaban J connectivity index is 1.34. The zero-order valence-electron chi connectivity index (χ0n) is 17.1. The Morgan fingerprint density at radius 1 is 1.00 bits per heavy atom. The number of carbonyl (C=O) groups is 2. The van der Waals surface area contributed by atoms with Gasteiger partial charge in [-0.1, -0.05) is 66.7 Å². The van der Waals surface area contributed by atoms with E-state index in [4.69, 9.17) is 9.47 Å². The Labute approximate surface area is 180 Å². The van der Waals surface area contributed by atoms with Crippen LogP contribution in [0.2, 0.25) is 0 Å². The number of hydrogen-bond donors (Lipinski definition) is 1. The van der Waals surface area contributed by atoms with Crippen LogP contribution < -0.4 is 5.32 Å². The SMILES string of the molecule is COC(=O)c1ncccc1C=CCNC(=O)OCC1c2ccccc2-c2ccccc21. The number of carbonyl (C=O) groups excluding carboxylic acids is 2. The zero-order chi connectivity index (χ0) is 21.6. The molecule has 31 heavy (non-hydrogen) atoms. The lowest BCUT2D eigenvalue weighted by Crippen LogP contribution is -2.26. The number of alkyl carbamates (subject to hydrolysis) is 1. The molecule has 156 valence electrons. The average molecular weight is 414 g/mol. The normalized spacial score (nSPS) is 12.3. The van der Waals surface area contributed by atoms with Crippen molar-refractivity contribution in [1.29, 1.82) is 0 Å². The highest BCUT2D eigenvalue weighted by molar-refractivity contribution is 5.91. The molecule has 4 rings (SSSR count). The maximum Gasteiger partial charge on any atom is 0.407 e. The van der Waals surface area contributed by atoms with Crippen molar-refractivity contribution in [3.05, 3.63) is 95.3 Å². The molecule has 0 radical (unpaired) electrons. The van der Waals surface area contributed by atoms with Crippen LogP contribution in [0.4, 0.5) is 4.79 Å². The molecule has 0 saturated carbocycles. The van der Waals surface area contributed by atoms with Gasteiger partial charge in [0.1, 0.15) is 6.61 Å². The van der Waals surface area contributed by atoms with Gasteiger partial charge in [0.25, 0.3) is 0 Å². The van der Waals surface area contributed by atoms with Crippen LogP contribution in [-0.4, -0.2) is 37.3 Å². The Bertz CT molecular complexity index is 1090. The minimum absolute atomic E-state index is 0.0201. The summed E-state index contributed by atoms with van der Waals surface area (Å²) in [7, 11) is 1.31. The van der Waals surface area contributed by atoms with Crippen LogP contribution in [0.3, 0.4) is 0 Å². The molecule has 6 heteroatoms. The summed E-state index contributed by atoms with van der Waals surface area (Å²) in [6, 6.07) is 19.9. The number of nitrogens with one attached hydrogen (secondary N) is 1. The van der Waals surface area contributed by atoms with E-state index in [9.17, 15) is 9.59 Å². The van der Waals surface area contributed by atoms with Gasteiger partial charge in [0.15, 0.2) is 5.69 Å². The molecule has 1 N–H and O–H groups in total. The highest BCUT2D eigenvalue weighted by atomic mass is 16.5. The Morgan fingerprint density at radius 3 is 2.35 bits per heavy atom. The van der Waals surface area contributed by atoms with Crippen molar-refractivity contribution < 1.29 is 19.1 Å². The van der Waals surface area contributed by atoms with Crippen molar-refractivity contribution in [2.45, 2.75) is 5.92 Å². The molecule has 3 aromatic rings. The van der Waals surface area contributed by atoms with Crippen molar-refractivity contribution in [3.8, 4) is 11.1 Å². The second kappa shape index (κ2) is 9.26. The second-order valence-electron chi connectivity index (χ2n) is 7.04. The standard InChI is InChI=1S/C25H22N2O4/c1-30-24(28)23-17(8-6-14-26-23)9-7-15-27-25(29)31-16-22-20-12-4-2-10-18(20)19-11-3-5-13-21(19)22/h2-14,22H,15-16H2,1H3,(H,27,29). The number of aromatic nitrogens is 1. The van der Waals surface area contributed by atoms with E-state index in [2.05, 4.69) is 34.6 Å².